The van der Waals surface area contributed by atoms with Crippen LogP contribution in [0.3, 0.4) is 0 Å². The molecule has 6 aliphatic rings. The summed E-state index contributed by atoms with van der Waals surface area (Å²) in [7, 11) is 3.46. The molecular weight excluding hydrogens is 966 g/mol. The number of aryl methyl sites for hydroxylation is 1. The fourth-order valence-electron chi connectivity index (χ4n) is 9.17. The van der Waals surface area contributed by atoms with Crippen LogP contribution in [0.4, 0.5) is 0 Å². The van der Waals surface area contributed by atoms with E-state index in [1.807, 2.05) is 50.4 Å². The van der Waals surface area contributed by atoms with Crippen molar-refractivity contribution < 1.29 is 87.6 Å². The van der Waals surface area contributed by atoms with Crippen molar-refractivity contribution >= 4 is 35.6 Å². The van der Waals surface area contributed by atoms with Gasteiger partial charge >= 0.3 is 5.97 Å². The van der Waals surface area contributed by atoms with Gasteiger partial charge in [0.05, 0.1) is 30.5 Å². The molecule has 2 unspecified atom stereocenters. The van der Waals surface area contributed by atoms with Crippen LogP contribution < -0.4 is 24.8 Å². The normalized spacial score (nSPS) is 26.5. The molecule has 2 amide bonds. The first-order chi connectivity index (χ1) is 26.9. The number of carbonyl (C=O) groups is 3. The van der Waals surface area contributed by atoms with Crippen molar-refractivity contribution in [1.29, 1.82) is 5.26 Å². The number of hydrogen-bond acceptors (Lipinski definition) is 13. The number of piperazine rings is 1. The smallest absolute Gasteiger partial charge is 0.329 e. The van der Waals surface area contributed by atoms with Crippen LogP contribution >= 0.6 is 11.8 Å². The number of likely N-dealkylation sites (N-methyl/N-ethyl adjacent to an activating group) is 1. The van der Waals surface area contributed by atoms with Gasteiger partial charge in [0.15, 0.2) is 23.0 Å². The molecule has 0 aromatic heterocycles. The van der Waals surface area contributed by atoms with E-state index in [-0.39, 0.29) is 80.8 Å². The van der Waals surface area contributed by atoms with Crippen molar-refractivity contribution in [3.8, 4) is 34.8 Å². The summed E-state index contributed by atoms with van der Waals surface area (Å²) in [5, 5.41) is 39.7. The van der Waals surface area contributed by atoms with Gasteiger partial charge in [-0.25, -0.2) is 4.79 Å². The molecule has 4 N–H and O–H groups in total. The second-order valence-electron chi connectivity index (χ2n) is 14.8. The third-order valence-electron chi connectivity index (χ3n) is 11.7. The van der Waals surface area contributed by atoms with Gasteiger partial charge < -0.3 is 39.8 Å². The molecule has 3 aromatic rings. The fraction of sp³-hybridized carbons (Fsp3) is 0.415. The van der Waals surface area contributed by atoms with E-state index in [2.05, 4.69) is 26.5 Å². The monoisotopic (exact) mass is 1010 g/mol. The topological polar surface area (TPSA) is 183 Å². The van der Waals surface area contributed by atoms with Gasteiger partial charge in [0.1, 0.15) is 30.5 Å². The van der Waals surface area contributed by atoms with Crippen molar-refractivity contribution in [3.63, 3.8) is 0 Å². The number of methoxy groups -OCH3 is 1. The molecule has 8 atom stereocenters. The SMILES string of the molecule is COc1c(C)cc2c(c1O)[C@@H]1C3[C@@H]4SC[C@H](NC(=O)C(C)NC(=O)/C=C/c5ccccc5)C(=O)OC[C@@H](c5c6c(c(C)c(O)c54)OCO6)N3[C@@H](C#N)[C@H](C2)N1C.[Ac]. The van der Waals surface area contributed by atoms with Gasteiger partial charge in [-0.05, 0) is 57.0 Å². The molecule has 0 aliphatic carbocycles. The van der Waals surface area contributed by atoms with Gasteiger partial charge in [-0.15, -0.1) is 11.8 Å². The number of thioether (sulfide) groups is 1. The number of phenols is 2. The largest absolute Gasteiger partial charge is 0.507 e. The Morgan fingerprint density at radius 1 is 1.09 bits per heavy atom. The third kappa shape index (κ3) is 6.93. The number of amides is 2. The number of rotatable bonds is 6. The third-order valence-corrected chi connectivity index (χ3v) is 13.1. The van der Waals surface area contributed by atoms with Gasteiger partial charge in [-0.2, -0.15) is 5.26 Å². The minimum Gasteiger partial charge on any atom is -0.507 e. The van der Waals surface area contributed by atoms with E-state index in [9.17, 15) is 29.9 Å². The van der Waals surface area contributed by atoms with Crippen LogP contribution in [0.25, 0.3) is 6.08 Å². The molecule has 0 saturated carbocycles. The summed E-state index contributed by atoms with van der Waals surface area (Å²) in [6.07, 6.45) is 3.45. The number of esters is 1. The number of hydrogen-bond donors (Lipinski definition) is 4. The van der Waals surface area contributed by atoms with Crippen LogP contribution in [0.1, 0.15) is 63.2 Å². The Kier molecular flexibility index (Phi) is 11.8. The summed E-state index contributed by atoms with van der Waals surface area (Å²) in [4.78, 5) is 44.3. The number of benzene rings is 3. The number of ether oxygens (including phenoxy) is 4. The summed E-state index contributed by atoms with van der Waals surface area (Å²) in [5.74, 6) is -0.541. The number of fused-ring (bicyclic) bond motifs is 10. The predicted molar refractivity (Wildman–Crippen MR) is 205 cm³/mol. The van der Waals surface area contributed by atoms with E-state index in [4.69, 9.17) is 18.9 Å². The molecule has 295 valence electrons. The van der Waals surface area contributed by atoms with Crippen LogP contribution in [-0.2, 0) is 25.5 Å². The standard InChI is InChI=1S/C41H43N5O9S.Ac/c1-19-13-23-14-25-26(15-42)46-27-16-53-41(51)24(44-40(50)21(3)43-28(47)12-11-22-9-7-6-8-10-22)17-56-39(31-30(27)38-37(54-18-55-38)20(2)34(31)48)33(46)32(45(25)4)29(23)35(49)36(19)52-5;/h6-13,21,24-27,32-33,39,48-49H,14,16-18H2,1-5H3,(H,43,47)(H,44,50);/b12-11+;/t21?,24-,25-,26-,27-,32+,33?,39+;/m0./s1. The number of nitriles is 1. The molecule has 57 heavy (non-hydrogen) atoms. The van der Waals surface area contributed by atoms with Gasteiger partial charge in [-0.1, -0.05) is 36.4 Å². The van der Waals surface area contributed by atoms with Crippen LogP contribution in [0.15, 0.2) is 42.5 Å². The Balaban J connectivity index is 0.00000496. The van der Waals surface area contributed by atoms with E-state index < -0.39 is 59.3 Å². The van der Waals surface area contributed by atoms with E-state index in [1.54, 1.807) is 13.0 Å². The minimum absolute atomic E-state index is 0. The van der Waals surface area contributed by atoms with E-state index in [0.29, 0.717) is 45.9 Å². The van der Waals surface area contributed by atoms with Crippen molar-refractivity contribution in [2.45, 2.75) is 74.7 Å². The molecule has 6 aliphatic heterocycles. The average Bonchev–Trinajstić information content (AvgIpc) is 3.68. The first kappa shape index (κ1) is 41.2. The summed E-state index contributed by atoms with van der Waals surface area (Å²) in [5.41, 5.74) is 4.80. The zero-order chi connectivity index (χ0) is 39.6. The number of nitrogens with zero attached hydrogens (tertiary/aromatic N) is 3. The number of carbonyl (C=O) groups excluding carboxylic acids is 3. The van der Waals surface area contributed by atoms with Crippen LogP contribution in [0.5, 0.6) is 28.7 Å². The van der Waals surface area contributed by atoms with Gasteiger partial charge in [0.25, 0.3) is 0 Å². The van der Waals surface area contributed by atoms with E-state index >= 15 is 0 Å². The summed E-state index contributed by atoms with van der Waals surface area (Å²) < 4.78 is 23.7. The molecule has 0 spiro atoms. The number of phenolic OH excluding ortho intramolecular Hbond substituents is 2. The summed E-state index contributed by atoms with van der Waals surface area (Å²) >= 11 is 1.33. The average molecular weight is 1010 g/mol. The fourth-order valence-corrected chi connectivity index (χ4v) is 10.7. The molecule has 6 heterocycles. The van der Waals surface area contributed by atoms with Crippen molar-refractivity contribution in [2.24, 2.45) is 0 Å². The van der Waals surface area contributed by atoms with Crippen LogP contribution in [0.2, 0.25) is 0 Å². The maximum absolute atomic E-state index is 13.9. The molecular formula is C41H43AcN5O9S. The molecule has 3 aromatic carbocycles. The Morgan fingerprint density at radius 2 is 1.82 bits per heavy atom. The Morgan fingerprint density at radius 3 is 2.54 bits per heavy atom. The molecule has 14 nitrogen and oxygen atoms in total. The van der Waals surface area contributed by atoms with Crippen molar-refractivity contribution in [2.75, 3.05) is 33.3 Å². The minimum atomic E-state index is -1.13. The maximum Gasteiger partial charge on any atom is 0.329 e. The Bertz CT molecular complexity index is 2200. The van der Waals surface area contributed by atoms with Crippen molar-refractivity contribution in [3.05, 3.63) is 81.4 Å². The van der Waals surface area contributed by atoms with E-state index in [1.165, 1.54) is 31.9 Å². The summed E-state index contributed by atoms with van der Waals surface area (Å²) in [6.45, 7) is 4.85. The first-order valence-electron chi connectivity index (χ1n) is 18.5. The van der Waals surface area contributed by atoms with Crippen molar-refractivity contribution in [1.82, 2.24) is 20.4 Å². The quantitative estimate of drug-likeness (QED) is 0.208. The molecule has 2 saturated heterocycles. The van der Waals surface area contributed by atoms with Gasteiger partial charge in [-0.3, -0.25) is 19.4 Å². The zero-order valence-electron chi connectivity index (χ0n) is 32.1. The number of nitrogens with one attached hydrogen (secondary N) is 2. The Labute approximate surface area is 370 Å². The molecule has 16 heteroatoms. The molecule has 4 bridgehead atoms. The van der Waals surface area contributed by atoms with E-state index in [0.717, 1.165) is 16.7 Å². The predicted octanol–water partition coefficient (Wildman–Crippen LogP) is 3.71. The Hall–Kier alpha value is -3.99. The maximum atomic E-state index is 13.9. The van der Waals surface area contributed by atoms with Gasteiger partial charge in [0, 0.05) is 90.2 Å². The first-order valence-corrected chi connectivity index (χ1v) is 19.5. The molecule has 2 fully saturated rings. The number of aromatic hydroxyl groups is 2. The summed E-state index contributed by atoms with van der Waals surface area (Å²) in [6, 6.07) is 8.90. The second-order valence-corrected chi connectivity index (χ2v) is 16.0. The zero-order valence-corrected chi connectivity index (χ0v) is 37.7. The second kappa shape index (κ2) is 16.3. The van der Waals surface area contributed by atoms with Crippen LogP contribution in [-0.4, -0.2) is 101 Å². The van der Waals surface area contributed by atoms with Crippen LogP contribution in [0, 0.1) is 69.2 Å². The molecule has 1 radical (unpaired) electrons. The van der Waals surface area contributed by atoms with Gasteiger partial charge in [0.2, 0.25) is 18.6 Å². The molecule has 9 rings (SSSR count).